The van der Waals surface area contributed by atoms with Gasteiger partial charge in [0.2, 0.25) is 0 Å². The molecular weight excluding hydrogens is 188 g/mol. The molecule has 0 aliphatic carbocycles. The van der Waals surface area contributed by atoms with E-state index < -0.39 is 11.6 Å². The Morgan fingerprint density at radius 1 is 1.43 bits per heavy atom. The number of imidazole rings is 1. The largest absolute Gasteiger partial charge is 0.328 e. The van der Waals surface area contributed by atoms with Gasteiger partial charge in [0.25, 0.3) is 0 Å². The van der Waals surface area contributed by atoms with E-state index in [1.165, 1.54) is 10.6 Å². The number of aryl methyl sites for hydroxylation is 1. The zero-order valence-electron chi connectivity index (χ0n) is 7.59. The van der Waals surface area contributed by atoms with Crippen LogP contribution in [0.15, 0.2) is 12.1 Å². The molecule has 0 radical (unpaired) electrons. The summed E-state index contributed by atoms with van der Waals surface area (Å²) in [6, 6.07) is 2.03. The van der Waals surface area contributed by atoms with E-state index in [1.54, 1.807) is 7.05 Å². The number of hydrogen-bond donors (Lipinski definition) is 1. The molecular formula is C9H9F2N3. The summed E-state index contributed by atoms with van der Waals surface area (Å²) in [5.41, 5.74) is 5.98. The molecule has 0 bridgehead atoms. The van der Waals surface area contributed by atoms with Gasteiger partial charge in [-0.05, 0) is 0 Å². The Kier molecular flexibility index (Phi) is 1.96. The van der Waals surface area contributed by atoms with E-state index >= 15 is 0 Å². The summed E-state index contributed by atoms with van der Waals surface area (Å²) in [6.45, 7) is 0.201. The Labute approximate surface area is 79.2 Å². The number of aromatic nitrogens is 2. The van der Waals surface area contributed by atoms with Crippen LogP contribution in [0.5, 0.6) is 0 Å². The first-order valence-corrected chi connectivity index (χ1v) is 4.14. The molecule has 3 nitrogen and oxygen atoms in total. The molecule has 0 amide bonds. The lowest BCUT2D eigenvalue weighted by Crippen LogP contribution is -2.04. The van der Waals surface area contributed by atoms with Gasteiger partial charge < -0.3 is 10.3 Å². The number of halogens is 2. The molecule has 0 unspecified atom stereocenters. The molecule has 74 valence electrons. The summed E-state index contributed by atoms with van der Waals surface area (Å²) in [6.07, 6.45) is 0. The maximum atomic E-state index is 13.3. The van der Waals surface area contributed by atoms with Crippen LogP contribution in [0.2, 0.25) is 0 Å². The maximum absolute atomic E-state index is 13.3. The predicted molar refractivity (Wildman–Crippen MR) is 48.5 cm³/mol. The van der Waals surface area contributed by atoms with Gasteiger partial charge in [-0.15, -0.1) is 0 Å². The van der Waals surface area contributed by atoms with Crippen LogP contribution in [0.1, 0.15) is 5.82 Å². The second kappa shape index (κ2) is 3.02. The van der Waals surface area contributed by atoms with Crippen molar-refractivity contribution in [3.8, 4) is 0 Å². The SMILES string of the molecule is Cn1c(CN)nc2cc(F)cc(F)c21. The third-order valence-electron chi connectivity index (χ3n) is 2.16. The first-order valence-electron chi connectivity index (χ1n) is 4.14. The molecule has 1 heterocycles. The van der Waals surface area contributed by atoms with Crippen molar-refractivity contribution in [2.75, 3.05) is 0 Å². The predicted octanol–water partition coefficient (Wildman–Crippen LogP) is 1.31. The number of hydrogen-bond acceptors (Lipinski definition) is 2. The smallest absolute Gasteiger partial charge is 0.152 e. The molecule has 0 spiro atoms. The monoisotopic (exact) mass is 197 g/mol. The van der Waals surface area contributed by atoms with E-state index in [-0.39, 0.29) is 12.1 Å². The van der Waals surface area contributed by atoms with Crippen LogP contribution in [0.4, 0.5) is 8.78 Å². The summed E-state index contributed by atoms with van der Waals surface area (Å²) in [7, 11) is 1.65. The summed E-state index contributed by atoms with van der Waals surface area (Å²) in [5, 5.41) is 0. The summed E-state index contributed by atoms with van der Waals surface area (Å²) in [5.74, 6) is -0.712. The minimum absolute atomic E-state index is 0.201. The maximum Gasteiger partial charge on any atom is 0.152 e. The summed E-state index contributed by atoms with van der Waals surface area (Å²) in [4.78, 5) is 4.01. The van der Waals surface area contributed by atoms with Gasteiger partial charge in [-0.2, -0.15) is 0 Å². The highest BCUT2D eigenvalue weighted by molar-refractivity contribution is 5.76. The zero-order chi connectivity index (χ0) is 10.3. The number of benzene rings is 1. The summed E-state index contributed by atoms with van der Waals surface area (Å²) < 4.78 is 27.7. The van der Waals surface area contributed by atoms with Crippen LogP contribution < -0.4 is 5.73 Å². The highest BCUT2D eigenvalue weighted by Crippen LogP contribution is 2.19. The van der Waals surface area contributed by atoms with Gasteiger partial charge in [-0.1, -0.05) is 0 Å². The van der Waals surface area contributed by atoms with Crippen molar-refractivity contribution in [3.63, 3.8) is 0 Å². The Bertz CT molecular complexity index is 490. The van der Waals surface area contributed by atoms with E-state index in [1.807, 2.05) is 0 Å². The van der Waals surface area contributed by atoms with Gasteiger partial charge in [0.15, 0.2) is 5.82 Å². The molecule has 0 aliphatic rings. The molecule has 0 atom stereocenters. The third kappa shape index (κ3) is 1.17. The number of nitrogens with two attached hydrogens (primary N) is 1. The van der Waals surface area contributed by atoms with Crippen molar-refractivity contribution in [1.29, 1.82) is 0 Å². The minimum atomic E-state index is -0.628. The molecule has 0 saturated heterocycles. The Morgan fingerprint density at radius 2 is 2.14 bits per heavy atom. The van der Waals surface area contributed by atoms with Gasteiger partial charge in [-0.25, -0.2) is 13.8 Å². The van der Waals surface area contributed by atoms with Crippen LogP contribution in [0.3, 0.4) is 0 Å². The Morgan fingerprint density at radius 3 is 2.79 bits per heavy atom. The van der Waals surface area contributed by atoms with E-state index in [0.717, 1.165) is 6.07 Å². The molecule has 2 aromatic rings. The third-order valence-corrected chi connectivity index (χ3v) is 2.16. The zero-order valence-corrected chi connectivity index (χ0v) is 7.59. The molecule has 5 heteroatoms. The average Bonchev–Trinajstić information content (AvgIpc) is 2.42. The van der Waals surface area contributed by atoms with Crippen LogP contribution >= 0.6 is 0 Å². The van der Waals surface area contributed by atoms with Gasteiger partial charge in [0.1, 0.15) is 17.2 Å². The Hall–Kier alpha value is -1.49. The fourth-order valence-corrected chi connectivity index (χ4v) is 1.50. The fourth-order valence-electron chi connectivity index (χ4n) is 1.50. The first-order chi connectivity index (χ1) is 6.63. The highest BCUT2D eigenvalue weighted by Gasteiger charge is 2.12. The molecule has 1 aromatic carbocycles. The lowest BCUT2D eigenvalue weighted by molar-refractivity contribution is 0.588. The number of nitrogens with zero attached hydrogens (tertiary/aromatic N) is 2. The highest BCUT2D eigenvalue weighted by atomic mass is 19.1. The molecule has 0 fully saturated rings. The van der Waals surface area contributed by atoms with Crippen molar-refractivity contribution in [2.24, 2.45) is 12.8 Å². The molecule has 1 aromatic heterocycles. The first kappa shape index (κ1) is 9.08. The van der Waals surface area contributed by atoms with Gasteiger partial charge in [-0.3, -0.25) is 0 Å². The van der Waals surface area contributed by atoms with Crippen molar-refractivity contribution in [2.45, 2.75) is 6.54 Å². The van der Waals surface area contributed by atoms with Crippen LogP contribution in [0, 0.1) is 11.6 Å². The standard InChI is InChI=1S/C9H9F2N3/c1-14-8(4-12)13-7-3-5(10)2-6(11)9(7)14/h2-3H,4,12H2,1H3. The average molecular weight is 197 g/mol. The normalized spacial score (nSPS) is 11.1. The van der Waals surface area contributed by atoms with Crippen molar-refractivity contribution < 1.29 is 8.78 Å². The molecule has 0 saturated carbocycles. The fraction of sp³-hybridized carbons (Fsp3) is 0.222. The van der Waals surface area contributed by atoms with E-state index in [4.69, 9.17) is 5.73 Å². The van der Waals surface area contributed by atoms with Gasteiger partial charge in [0, 0.05) is 19.2 Å². The molecule has 2 rings (SSSR count). The lowest BCUT2D eigenvalue weighted by Gasteiger charge is -1.99. The number of rotatable bonds is 1. The van der Waals surface area contributed by atoms with Crippen LogP contribution in [-0.2, 0) is 13.6 Å². The quantitative estimate of drug-likeness (QED) is 0.749. The topological polar surface area (TPSA) is 43.8 Å². The second-order valence-electron chi connectivity index (χ2n) is 3.05. The Balaban J connectivity index is 2.85. The lowest BCUT2D eigenvalue weighted by atomic mass is 10.3. The minimum Gasteiger partial charge on any atom is -0.328 e. The van der Waals surface area contributed by atoms with Crippen molar-refractivity contribution in [1.82, 2.24) is 9.55 Å². The summed E-state index contributed by atoms with van der Waals surface area (Å²) >= 11 is 0. The van der Waals surface area contributed by atoms with Crippen molar-refractivity contribution >= 4 is 11.0 Å². The van der Waals surface area contributed by atoms with Crippen molar-refractivity contribution in [3.05, 3.63) is 29.6 Å². The van der Waals surface area contributed by atoms with E-state index in [0.29, 0.717) is 11.3 Å². The second-order valence-corrected chi connectivity index (χ2v) is 3.05. The van der Waals surface area contributed by atoms with E-state index in [9.17, 15) is 8.78 Å². The molecule has 14 heavy (non-hydrogen) atoms. The van der Waals surface area contributed by atoms with Gasteiger partial charge in [0.05, 0.1) is 12.1 Å². The van der Waals surface area contributed by atoms with E-state index in [2.05, 4.69) is 4.98 Å². The van der Waals surface area contributed by atoms with Gasteiger partial charge >= 0.3 is 0 Å². The van der Waals surface area contributed by atoms with Crippen LogP contribution in [0.25, 0.3) is 11.0 Å². The van der Waals surface area contributed by atoms with Crippen LogP contribution in [-0.4, -0.2) is 9.55 Å². The number of fused-ring (bicyclic) bond motifs is 1. The molecule has 2 N–H and O–H groups in total. The molecule has 0 aliphatic heterocycles.